The van der Waals surface area contributed by atoms with E-state index in [0.29, 0.717) is 18.9 Å². The van der Waals surface area contributed by atoms with Crippen molar-refractivity contribution in [3.05, 3.63) is 46.4 Å². The predicted molar refractivity (Wildman–Crippen MR) is 105 cm³/mol. The summed E-state index contributed by atoms with van der Waals surface area (Å²) in [5.41, 5.74) is 2.39. The monoisotopic (exact) mass is 402 g/mol. The van der Waals surface area contributed by atoms with Crippen molar-refractivity contribution in [3.8, 4) is 17.1 Å². The first-order valence-electron chi connectivity index (χ1n) is 9.83. The number of hydrogen-bond acceptors (Lipinski definition) is 7. The molecule has 156 valence electrons. The lowest BCUT2D eigenvalue weighted by Gasteiger charge is -2.30. The highest BCUT2D eigenvalue weighted by Gasteiger charge is 2.28. The molecule has 29 heavy (non-hydrogen) atoms. The second kappa shape index (κ2) is 9.04. The van der Waals surface area contributed by atoms with Crippen LogP contribution in [0.2, 0.25) is 0 Å². The molecule has 0 amide bonds. The Hall–Kier alpha value is -2.26. The summed E-state index contributed by atoms with van der Waals surface area (Å²) in [4.78, 5) is 17.0. The van der Waals surface area contributed by atoms with E-state index in [0.717, 1.165) is 36.3 Å². The topological polar surface area (TPSA) is 81.0 Å². The summed E-state index contributed by atoms with van der Waals surface area (Å²) < 4.78 is 29.3. The Morgan fingerprint density at radius 2 is 2.10 bits per heavy atom. The minimum absolute atomic E-state index is 0.0546. The van der Waals surface area contributed by atoms with E-state index < -0.39 is 18.2 Å². The number of benzene rings is 1. The van der Waals surface area contributed by atoms with Crippen molar-refractivity contribution in [3.63, 3.8) is 0 Å². The van der Waals surface area contributed by atoms with E-state index in [1.54, 1.807) is 24.9 Å². The van der Waals surface area contributed by atoms with E-state index in [1.807, 2.05) is 24.3 Å². The van der Waals surface area contributed by atoms with Gasteiger partial charge in [-0.3, -0.25) is 4.57 Å². The summed E-state index contributed by atoms with van der Waals surface area (Å²) in [6, 6.07) is 9.76. The molecule has 1 aromatic heterocycles. The number of hydrogen-bond donors (Lipinski definition) is 0. The summed E-state index contributed by atoms with van der Waals surface area (Å²) in [6.45, 7) is 1.34. The third-order valence-corrected chi connectivity index (χ3v) is 5.30. The SMILES string of the molecule is COC(COC1Cc2ccccc2-c2cc(OCC3CCCO3)nc(=O)n21)OC. The zero-order chi connectivity index (χ0) is 20.2. The van der Waals surface area contributed by atoms with Gasteiger partial charge in [0.25, 0.3) is 0 Å². The van der Waals surface area contributed by atoms with Gasteiger partial charge < -0.3 is 23.7 Å². The molecule has 2 unspecified atom stereocenters. The van der Waals surface area contributed by atoms with E-state index in [2.05, 4.69) is 4.98 Å². The zero-order valence-corrected chi connectivity index (χ0v) is 16.7. The molecule has 2 aliphatic rings. The third-order valence-electron chi connectivity index (χ3n) is 5.30. The van der Waals surface area contributed by atoms with Crippen LogP contribution in [0.1, 0.15) is 24.6 Å². The Balaban J connectivity index is 1.63. The molecule has 8 nitrogen and oxygen atoms in total. The highest BCUT2D eigenvalue weighted by molar-refractivity contribution is 5.66. The van der Waals surface area contributed by atoms with Crippen molar-refractivity contribution >= 4 is 0 Å². The first-order valence-corrected chi connectivity index (χ1v) is 9.83. The number of ether oxygens (including phenoxy) is 5. The smallest absolute Gasteiger partial charge is 0.353 e. The Bertz CT molecular complexity index is 889. The molecule has 2 aliphatic heterocycles. The molecular weight excluding hydrogens is 376 g/mol. The number of fused-ring (bicyclic) bond motifs is 3. The molecule has 0 spiro atoms. The minimum atomic E-state index is -0.506. The Morgan fingerprint density at radius 1 is 1.28 bits per heavy atom. The normalized spacial score (nSPS) is 20.5. The maximum atomic E-state index is 12.9. The molecule has 0 saturated carbocycles. The van der Waals surface area contributed by atoms with Gasteiger partial charge in [0.1, 0.15) is 19.4 Å². The van der Waals surface area contributed by atoms with E-state index >= 15 is 0 Å². The molecule has 1 fully saturated rings. The molecule has 0 N–H and O–H groups in total. The van der Waals surface area contributed by atoms with E-state index in [9.17, 15) is 4.79 Å². The van der Waals surface area contributed by atoms with Gasteiger partial charge in [-0.05, 0) is 18.4 Å². The van der Waals surface area contributed by atoms with Crippen LogP contribution in [0, 0.1) is 0 Å². The standard InChI is InChI=1S/C21H26N2O6/c1-25-20(26-2)13-29-19-10-14-6-3-4-8-16(14)17-11-18(22-21(24)23(17)19)28-12-15-7-5-9-27-15/h3-4,6,8,11,15,19-20H,5,7,9-10,12-13H2,1-2H3. The molecule has 0 aliphatic carbocycles. The van der Waals surface area contributed by atoms with Crippen molar-refractivity contribution in [2.45, 2.75) is 37.9 Å². The van der Waals surface area contributed by atoms with Gasteiger partial charge in [-0.15, -0.1) is 0 Å². The van der Waals surface area contributed by atoms with Crippen LogP contribution in [-0.2, 0) is 25.4 Å². The van der Waals surface area contributed by atoms with E-state index in [1.165, 1.54) is 0 Å². The third kappa shape index (κ3) is 4.35. The van der Waals surface area contributed by atoms with Gasteiger partial charge >= 0.3 is 5.69 Å². The molecule has 4 rings (SSSR count). The quantitative estimate of drug-likeness (QED) is 0.626. The fourth-order valence-electron chi connectivity index (χ4n) is 3.77. The second-order valence-electron chi connectivity index (χ2n) is 7.13. The number of rotatable bonds is 8. The summed E-state index contributed by atoms with van der Waals surface area (Å²) in [7, 11) is 3.10. The van der Waals surface area contributed by atoms with Crippen LogP contribution in [0.5, 0.6) is 5.88 Å². The molecule has 1 saturated heterocycles. The minimum Gasteiger partial charge on any atom is -0.475 e. The Labute approximate surface area is 169 Å². The second-order valence-corrected chi connectivity index (χ2v) is 7.13. The summed E-state index contributed by atoms with van der Waals surface area (Å²) in [5, 5.41) is 0. The van der Waals surface area contributed by atoms with Gasteiger partial charge in [-0.1, -0.05) is 24.3 Å². The van der Waals surface area contributed by atoms with Crippen molar-refractivity contribution in [1.29, 1.82) is 0 Å². The van der Waals surface area contributed by atoms with Crippen LogP contribution in [0.3, 0.4) is 0 Å². The maximum Gasteiger partial charge on any atom is 0.353 e. The van der Waals surface area contributed by atoms with Gasteiger partial charge in [-0.2, -0.15) is 4.98 Å². The summed E-state index contributed by atoms with van der Waals surface area (Å²) in [6.07, 6.45) is 1.60. The molecule has 2 aromatic rings. The van der Waals surface area contributed by atoms with Crippen molar-refractivity contribution in [2.24, 2.45) is 0 Å². The Morgan fingerprint density at radius 3 is 2.86 bits per heavy atom. The molecular formula is C21H26N2O6. The lowest BCUT2D eigenvalue weighted by molar-refractivity contribution is -0.161. The molecule has 0 bridgehead atoms. The average Bonchev–Trinajstić information content (AvgIpc) is 3.26. The van der Waals surface area contributed by atoms with Crippen LogP contribution >= 0.6 is 0 Å². The predicted octanol–water partition coefficient (Wildman–Crippen LogP) is 2.16. The van der Waals surface area contributed by atoms with Crippen LogP contribution < -0.4 is 10.4 Å². The fraction of sp³-hybridized carbons (Fsp3) is 0.524. The molecule has 2 atom stereocenters. The lowest BCUT2D eigenvalue weighted by atomic mass is 9.97. The van der Waals surface area contributed by atoms with Crippen LogP contribution in [0.4, 0.5) is 0 Å². The first kappa shape index (κ1) is 20.0. The van der Waals surface area contributed by atoms with Gasteiger partial charge in [0.15, 0.2) is 6.29 Å². The molecule has 1 aromatic carbocycles. The van der Waals surface area contributed by atoms with Gasteiger partial charge in [0, 0.05) is 38.9 Å². The number of aromatic nitrogens is 2. The van der Waals surface area contributed by atoms with Gasteiger partial charge in [0.2, 0.25) is 5.88 Å². The van der Waals surface area contributed by atoms with Gasteiger partial charge in [0.05, 0.1) is 11.8 Å². The van der Waals surface area contributed by atoms with Crippen molar-refractivity contribution in [1.82, 2.24) is 9.55 Å². The number of nitrogens with zero attached hydrogens (tertiary/aromatic N) is 2. The van der Waals surface area contributed by atoms with Crippen LogP contribution in [0.15, 0.2) is 35.1 Å². The van der Waals surface area contributed by atoms with Crippen molar-refractivity contribution in [2.75, 3.05) is 34.0 Å². The highest BCUT2D eigenvalue weighted by atomic mass is 16.7. The Kier molecular flexibility index (Phi) is 6.25. The average molecular weight is 402 g/mol. The number of methoxy groups -OCH3 is 2. The van der Waals surface area contributed by atoms with Crippen LogP contribution in [-0.4, -0.2) is 56.0 Å². The lowest BCUT2D eigenvalue weighted by Crippen LogP contribution is -2.36. The molecule has 0 radical (unpaired) electrons. The first-order chi connectivity index (χ1) is 14.2. The van der Waals surface area contributed by atoms with E-state index in [-0.39, 0.29) is 12.7 Å². The fourth-order valence-corrected chi connectivity index (χ4v) is 3.77. The van der Waals surface area contributed by atoms with E-state index in [4.69, 9.17) is 23.7 Å². The maximum absolute atomic E-state index is 12.9. The molecule has 8 heteroatoms. The highest BCUT2D eigenvalue weighted by Crippen LogP contribution is 2.34. The summed E-state index contributed by atoms with van der Waals surface area (Å²) >= 11 is 0. The van der Waals surface area contributed by atoms with Crippen molar-refractivity contribution < 1.29 is 23.7 Å². The summed E-state index contributed by atoms with van der Waals surface area (Å²) in [5.74, 6) is 0.305. The van der Waals surface area contributed by atoms with Crippen LogP contribution in [0.25, 0.3) is 11.3 Å². The molecule has 3 heterocycles. The van der Waals surface area contributed by atoms with Gasteiger partial charge in [-0.25, -0.2) is 4.79 Å². The largest absolute Gasteiger partial charge is 0.475 e. The zero-order valence-electron chi connectivity index (χ0n) is 16.7.